The van der Waals surface area contributed by atoms with Crippen LogP contribution in [0.15, 0.2) is 47.3 Å². The van der Waals surface area contributed by atoms with Gasteiger partial charge in [-0.3, -0.25) is 9.78 Å². The summed E-state index contributed by atoms with van der Waals surface area (Å²) >= 11 is 0. The molecule has 3 aromatic rings. The fourth-order valence-corrected chi connectivity index (χ4v) is 2.30. The summed E-state index contributed by atoms with van der Waals surface area (Å²) in [5.41, 5.74) is 0.0626. The third-order valence-electron chi connectivity index (χ3n) is 3.58. The van der Waals surface area contributed by atoms with Crippen molar-refractivity contribution in [3.63, 3.8) is 0 Å². The van der Waals surface area contributed by atoms with Gasteiger partial charge in [-0.25, -0.2) is 13.8 Å². The van der Waals surface area contributed by atoms with Crippen molar-refractivity contribution in [2.75, 3.05) is 12.4 Å². The molecule has 0 aliphatic rings. The van der Waals surface area contributed by atoms with Gasteiger partial charge in [0.05, 0.1) is 12.8 Å². The van der Waals surface area contributed by atoms with Crippen LogP contribution in [0, 0.1) is 23.0 Å². The molecule has 26 heavy (non-hydrogen) atoms. The molecule has 0 aliphatic heterocycles. The van der Waals surface area contributed by atoms with E-state index in [1.165, 1.54) is 13.2 Å². The van der Waals surface area contributed by atoms with Gasteiger partial charge in [0.15, 0.2) is 11.6 Å². The van der Waals surface area contributed by atoms with Crippen LogP contribution < -0.4 is 15.6 Å². The summed E-state index contributed by atoms with van der Waals surface area (Å²) < 4.78 is 31.4. The van der Waals surface area contributed by atoms with Crippen LogP contribution in [0.1, 0.15) is 5.56 Å². The van der Waals surface area contributed by atoms with Crippen molar-refractivity contribution in [1.29, 1.82) is 5.26 Å². The Balaban J connectivity index is 2.05. The van der Waals surface area contributed by atoms with E-state index in [1.807, 2.05) is 6.07 Å². The number of aromatic nitrogens is 2. The number of anilines is 2. The zero-order valence-corrected chi connectivity index (χ0v) is 13.5. The van der Waals surface area contributed by atoms with Crippen LogP contribution in [0.5, 0.6) is 5.75 Å². The van der Waals surface area contributed by atoms with Crippen molar-refractivity contribution >= 4 is 11.6 Å². The molecule has 0 atom stereocenters. The van der Waals surface area contributed by atoms with Crippen LogP contribution in [0.2, 0.25) is 0 Å². The van der Waals surface area contributed by atoms with Gasteiger partial charge in [-0.1, -0.05) is 0 Å². The number of nitriles is 1. The number of benzene rings is 2. The fraction of sp³-hybridized carbons (Fsp3) is 0.0556. The Kier molecular flexibility index (Phi) is 4.62. The number of hydrogen-bond donors (Lipinski definition) is 2. The molecule has 8 heteroatoms. The summed E-state index contributed by atoms with van der Waals surface area (Å²) in [6.45, 7) is 0. The van der Waals surface area contributed by atoms with E-state index in [0.29, 0.717) is 11.3 Å². The first-order valence-corrected chi connectivity index (χ1v) is 7.42. The molecule has 1 aromatic heterocycles. The van der Waals surface area contributed by atoms with Gasteiger partial charge in [-0.2, -0.15) is 5.26 Å². The highest BCUT2D eigenvalue weighted by atomic mass is 19.2. The van der Waals surface area contributed by atoms with E-state index in [9.17, 15) is 18.8 Å². The molecule has 2 N–H and O–H groups in total. The van der Waals surface area contributed by atoms with E-state index in [1.54, 1.807) is 24.3 Å². The van der Waals surface area contributed by atoms with E-state index in [4.69, 9.17) is 4.74 Å². The molecule has 6 nitrogen and oxygen atoms in total. The first kappa shape index (κ1) is 17.1. The second kappa shape index (κ2) is 7.03. The lowest BCUT2D eigenvalue weighted by Gasteiger charge is -2.09. The van der Waals surface area contributed by atoms with Crippen LogP contribution in [-0.2, 0) is 0 Å². The van der Waals surface area contributed by atoms with Crippen molar-refractivity contribution < 1.29 is 13.5 Å². The molecular formula is C18H12F2N4O2. The number of rotatable bonds is 4. The van der Waals surface area contributed by atoms with E-state index in [2.05, 4.69) is 15.3 Å². The molecule has 130 valence electrons. The smallest absolute Gasteiger partial charge is 0.270 e. The number of nitrogens with one attached hydrogen (secondary N) is 2. The zero-order valence-electron chi connectivity index (χ0n) is 13.5. The van der Waals surface area contributed by atoms with Gasteiger partial charge in [-0.15, -0.1) is 0 Å². The van der Waals surface area contributed by atoms with Gasteiger partial charge in [0.2, 0.25) is 5.95 Å². The summed E-state index contributed by atoms with van der Waals surface area (Å²) in [6.07, 6.45) is 0. The third kappa shape index (κ3) is 3.37. The predicted molar refractivity (Wildman–Crippen MR) is 91.2 cm³/mol. The van der Waals surface area contributed by atoms with Gasteiger partial charge in [0.1, 0.15) is 17.4 Å². The lowest BCUT2D eigenvalue weighted by molar-refractivity contribution is 0.415. The minimum Gasteiger partial charge on any atom is -0.497 e. The highest BCUT2D eigenvalue weighted by Crippen LogP contribution is 2.24. The largest absolute Gasteiger partial charge is 0.497 e. The lowest BCUT2D eigenvalue weighted by Crippen LogP contribution is -2.16. The molecule has 2 aromatic carbocycles. The summed E-state index contributed by atoms with van der Waals surface area (Å²) in [5.74, 6) is -1.43. The van der Waals surface area contributed by atoms with Crippen molar-refractivity contribution in [2.24, 2.45) is 0 Å². The molecule has 0 saturated heterocycles. The molecule has 3 rings (SSSR count). The third-order valence-corrected chi connectivity index (χ3v) is 3.58. The first-order chi connectivity index (χ1) is 12.5. The maximum Gasteiger partial charge on any atom is 0.270 e. The van der Waals surface area contributed by atoms with Crippen LogP contribution in [0.25, 0.3) is 11.3 Å². The molecule has 1 heterocycles. The zero-order chi connectivity index (χ0) is 18.7. The van der Waals surface area contributed by atoms with Crippen molar-refractivity contribution in [3.8, 4) is 23.1 Å². The summed E-state index contributed by atoms with van der Waals surface area (Å²) in [4.78, 5) is 18.8. The number of nitrogens with zero attached hydrogens (tertiary/aromatic N) is 2. The number of H-pyrrole nitrogens is 1. The van der Waals surface area contributed by atoms with Crippen molar-refractivity contribution in [3.05, 3.63) is 70.0 Å². The molecule has 0 spiro atoms. The predicted octanol–water partition coefficient (Wildman–Crippen LogP) is 3.34. The van der Waals surface area contributed by atoms with Gasteiger partial charge in [0, 0.05) is 17.3 Å². The number of aromatic amines is 1. The number of hydrogen-bond acceptors (Lipinski definition) is 5. The van der Waals surface area contributed by atoms with E-state index < -0.39 is 17.2 Å². The Labute approximate surface area is 146 Å². The highest BCUT2D eigenvalue weighted by Gasteiger charge is 2.14. The molecule has 0 amide bonds. The van der Waals surface area contributed by atoms with E-state index in [0.717, 1.165) is 12.1 Å². The summed E-state index contributed by atoms with van der Waals surface area (Å²) in [6, 6.07) is 11.6. The van der Waals surface area contributed by atoms with Gasteiger partial charge in [-0.05, 0) is 36.4 Å². The first-order valence-electron chi connectivity index (χ1n) is 7.42. The topological polar surface area (TPSA) is 90.8 Å². The van der Waals surface area contributed by atoms with E-state index >= 15 is 0 Å². The van der Waals surface area contributed by atoms with Crippen LogP contribution >= 0.6 is 0 Å². The molecule has 0 saturated carbocycles. The Morgan fingerprint density at radius 1 is 1.15 bits per heavy atom. The van der Waals surface area contributed by atoms with Gasteiger partial charge >= 0.3 is 0 Å². The van der Waals surface area contributed by atoms with Gasteiger partial charge in [0.25, 0.3) is 5.56 Å². The fourth-order valence-electron chi connectivity index (χ4n) is 2.30. The SMILES string of the molecule is COc1ccc(-c2nc(Nc3ccc(F)c(F)c3)[nH]c(=O)c2C#N)cc1. The molecule has 0 bridgehead atoms. The minimum atomic E-state index is -1.04. The monoisotopic (exact) mass is 354 g/mol. The maximum atomic E-state index is 13.3. The maximum absolute atomic E-state index is 13.3. The van der Waals surface area contributed by atoms with Gasteiger partial charge < -0.3 is 10.1 Å². The molecule has 0 radical (unpaired) electrons. The quantitative estimate of drug-likeness (QED) is 0.750. The summed E-state index contributed by atoms with van der Waals surface area (Å²) in [5, 5.41) is 12.0. The Morgan fingerprint density at radius 3 is 2.50 bits per heavy atom. The second-order valence-electron chi connectivity index (χ2n) is 5.23. The average Bonchev–Trinajstić information content (AvgIpc) is 2.64. The molecule has 0 unspecified atom stereocenters. The Morgan fingerprint density at radius 2 is 1.88 bits per heavy atom. The minimum absolute atomic E-state index is 0.00849. The lowest BCUT2D eigenvalue weighted by atomic mass is 10.1. The second-order valence-corrected chi connectivity index (χ2v) is 5.23. The summed E-state index contributed by atoms with van der Waals surface area (Å²) in [7, 11) is 1.52. The van der Waals surface area contributed by atoms with Crippen LogP contribution in [-0.4, -0.2) is 17.1 Å². The number of methoxy groups -OCH3 is 1. The average molecular weight is 354 g/mol. The van der Waals surface area contributed by atoms with Crippen molar-refractivity contribution in [1.82, 2.24) is 9.97 Å². The standard InChI is InChI=1S/C18H12F2N4O2/c1-26-12-5-2-10(3-6-12)16-13(9-21)17(25)24-18(23-16)22-11-4-7-14(19)15(20)8-11/h2-8H,1H3,(H2,22,23,24,25). The van der Waals surface area contributed by atoms with Crippen LogP contribution in [0.4, 0.5) is 20.4 Å². The molecule has 0 aliphatic carbocycles. The highest BCUT2D eigenvalue weighted by molar-refractivity contribution is 5.68. The molecule has 0 fully saturated rings. The number of ether oxygens (including phenoxy) is 1. The Hall–Kier alpha value is -3.73. The molecular weight excluding hydrogens is 342 g/mol. The Bertz CT molecular complexity index is 1060. The number of halogens is 2. The van der Waals surface area contributed by atoms with E-state index in [-0.39, 0.29) is 22.9 Å². The van der Waals surface area contributed by atoms with Crippen LogP contribution in [0.3, 0.4) is 0 Å². The normalized spacial score (nSPS) is 10.2. The van der Waals surface area contributed by atoms with Crippen molar-refractivity contribution in [2.45, 2.75) is 0 Å².